The van der Waals surface area contributed by atoms with Crippen molar-refractivity contribution < 1.29 is 18.3 Å². The number of aromatic carboxylic acids is 1. The summed E-state index contributed by atoms with van der Waals surface area (Å²) in [6.07, 6.45) is 0. The van der Waals surface area contributed by atoms with Crippen LogP contribution < -0.4 is 4.72 Å². The Hall–Kier alpha value is -1.57. The van der Waals surface area contributed by atoms with Gasteiger partial charge in [-0.25, -0.2) is 13.2 Å². The molecule has 0 atom stereocenters. The highest BCUT2D eigenvalue weighted by atomic mass is 35.5. The zero-order chi connectivity index (χ0) is 14.9. The lowest BCUT2D eigenvalue weighted by molar-refractivity contribution is 0.0702. The zero-order valence-corrected chi connectivity index (χ0v) is 12.6. The van der Waals surface area contributed by atoms with Gasteiger partial charge in [-0.15, -0.1) is 11.3 Å². The van der Waals surface area contributed by atoms with Crippen molar-refractivity contribution in [2.24, 2.45) is 0 Å². The average Bonchev–Trinajstić information content (AvgIpc) is 2.83. The normalized spacial score (nSPS) is 11.3. The number of rotatable bonds is 4. The molecule has 1 heterocycles. The fourth-order valence-electron chi connectivity index (χ4n) is 1.52. The van der Waals surface area contributed by atoms with Gasteiger partial charge in [0, 0.05) is 10.4 Å². The molecule has 20 heavy (non-hydrogen) atoms. The summed E-state index contributed by atoms with van der Waals surface area (Å²) in [6.45, 7) is 1.72. The van der Waals surface area contributed by atoms with Crippen molar-refractivity contribution in [3.05, 3.63) is 45.1 Å². The highest BCUT2D eigenvalue weighted by molar-refractivity contribution is 7.92. The topological polar surface area (TPSA) is 83.5 Å². The largest absolute Gasteiger partial charge is 0.477 e. The van der Waals surface area contributed by atoms with E-state index >= 15 is 0 Å². The third-order valence-corrected chi connectivity index (χ3v) is 5.18. The van der Waals surface area contributed by atoms with Crippen molar-refractivity contribution in [2.45, 2.75) is 11.8 Å². The monoisotopic (exact) mass is 331 g/mol. The van der Waals surface area contributed by atoms with Crippen LogP contribution in [0.2, 0.25) is 5.02 Å². The van der Waals surface area contributed by atoms with Gasteiger partial charge in [-0.3, -0.25) is 4.72 Å². The van der Waals surface area contributed by atoms with Crippen molar-refractivity contribution in [3.63, 3.8) is 0 Å². The lowest BCUT2D eigenvalue weighted by Gasteiger charge is -2.09. The predicted molar refractivity (Wildman–Crippen MR) is 78.3 cm³/mol. The summed E-state index contributed by atoms with van der Waals surface area (Å²) in [5, 5.41) is 10.6. The highest BCUT2D eigenvalue weighted by Crippen LogP contribution is 2.25. The zero-order valence-electron chi connectivity index (χ0n) is 10.3. The quantitative estimate of drug-likeness (QED) is 0.901. The lowest BCUT2D eigenvalue weighted by atomic mass is 10.2. The smallest absolute Gasteiger partial charge is 0.345 e. The van der Waals surface area contributed by atoms with Crippen LogP contribution in [0.15, 0.2) is 34.5 Å². The van der Waals surface area contributed by atoms with Crippen LogP contribution in [0.3, 0.4) is 0 Å². The number of anilines is 1. The van der Waals surface area contributed by atoms with E-state index in [1.165, 1.54) is 5.38 Å². The van der Waals surface area contributed by atoms with Crippen molar-refractivity contribution in [1.29, 1.82) is 0 Å². The van der Waals surface area contributed by atoms with Crippen LogP contribution in [-0.4, -0.2) is 19.5 Å². The highest BCUT2D eigenvalue weighted by Gasteiger charge is 2.19. The van der Waals surface area contributed by atoms with E-state index in [0.29, 0.717) is 16.3 Å². The van der Waals surface area contributed by atoms with Crippen LogP contribution in [0.1, 0.15) is 15.2 Å². The van der Waals surface area contributed by atoms with Gasteiger partial charge < -0.3 is 5.11 Å². The van der Waals surface area contributed by atoms with Gasteiger partial charge >= 0.3 is 5.97 Å². The van der Waals surface area contributed by atoms with Crippen LogP contribution in [0.5, 0.6) is 0 Å². The number of aryl methyl sites for hydroxylation is 1. The fourth-order valence-corrected chi connectivity index (χ4v) is 3.99. The maximum absolute atomic E-state index is 12.1. The van der Waals surface area contributed by atoms with Crippen molar-refractivity contribution in [3.8, 4) is 0 Å². The average molecular weight is 332 g/mol. The third-order valence-electron chi connectivity index (χ3n) is 2.53. The Morgan fingerprint density at radius 2 is 2.05 bits per heavy atom. The Morgan fingerprint density at radius 3 is 2.60 bits per heavy atom. The van der Waals surface area contributed by atoms with Crippen LogP contribution in [0.4, 0.5) is 5.69 Å². The van der Waals surface area contributed by atoms with Crippen LogP contribution in [0.25, 0.3) is 0 Å². The minimum atomic E-state index is -3.81. The van der Waals surface area contributed by atoms with E-state index in [2.05, 4.69) is 4.72 Å². The molecule has 0 amide bonds. The van der Waals surface area contributed by atoms with Crippen molar-refractivity contribution in [1.82, 2.24) is 0 Å². The molecular weight excluding hydrogens is 322 g/mol. The molecule has 0 radical (unpaired) electrons. The first-order valence-electron chi connectivity index (χ1n) is 5.40. The molecule has 0 aliphatic rings. The Labute approximate surface area is 124 Å². The van der Waals surface area contributed by atoms with E-state index in [-0.39, 0.29) is 9.77 Å². The predicted octanol–water partition coefficient (Wildman–Crippen LogP) is 3.21. The number of carboxylic acids is 1. The molecular formula is C12H10ClNO4S2. The molecule has 0 saturated heterocycles. The molecule has 1 aromatic heterocycles. The maximum atomic E-state index is 12.1. The standard InChI is InChI=1S/C12H10ClNO4S2/c1-7-4-8(13)2-3-10(7)14-20(17,18)9-5-11(12(15)16)19-6-9/h2-6,14H,1H3,(H,15,16). The van der Waals surface area contributed by atoms with Crippen LogP contribution >= 0.6 is 22.9 Å². The van der Waals surface area contributed by atoms with E-state index in [0.717, 1.165) is 17.4 Å². The van der Waals surface area contributed by atoms with Gasteiger partial charge in [0.2, 0.25) is 0 Å². The molecule has 8 heteroatoms. The molecule has 0 aliphatic carbocycles. The van der Waals surface area contributed by atoms with E-state index in [1.807, 2.05) is 0 Å². The molecule has 0 saturated carbocycles. The van der Waals surface area contributed by atoms with Crippen molar-refractivity contribution in [2.75, 3.05) is 4.72 Å². The van der Waals surface area contributed by atoms with Gasteiger partial charge in [0.1, 0.15) is 4.88 Å². The Balaban J connectivity index is 2.33. The van der Waals surface area contributed by atoms with Crippen molar-refractivity contribution >= 4 is 44.6 Å². The molecule has 0 unspecified atom stereocenters. The number of carboxylic acid groups (broad SMARTS) is 1. The second kappa shape index (κ2) is 5.43. The maximum Gasteiger partial charge on any atom is 0.345 e. The van der Waals surface area contributed by atoms with E-state index in [4.69, 9.17) is 16.7 Å². The molecule has 0 aliphatic heterocycles. The number of hydrogen-bond donors (Lipinski definition) is 2. The summed E-state index contributed by atoms with van der Waals surface area (Å²) in [5.74, 6) is -1.15. The first kappa shape index (κ1) is 14.8. The SMILES string of the molecule is Cc1cc(Cl)ccc1NS(=O)(=O)c1csc(C(=O)O)c1. The number of thiophene rings is 1. The van der Waals surface area contributed by atoms with E-state index < -0.39 is 16.0 Å². The summed E-state index contributed by atoms with van der Waals surface area (Å²) >= 11 is 6.66. The Bertz CT molecular complexity index is 768. The summed E-state index contributed by atoms with van der Waals surface area (Å²) in [6, 6.07) is 5.89. The molecule has 1 aromatic carbocycles. The molecule has 0 spiro atoms. The van der Waals surface area contributed by atoms with Gasteiger partial charge in [-0.05, 0) is 36.8 Å². The number of benzene rings is 1. The molecule has 2 rings (SSSR count). The molecule has 0 bridgehead atoms. The van der Waals surface area contributed by atoms with E-state index in [9.17, 15) is 13.2 Å². The van der Waals surface area contributed by atoms with Gasteiger partial charge in [-0.1, -0.05) is 11.6 Å². The van der Waals surface area contributed by atoms with Gasteiger partial charge in [-0.2, -0.15) is 0 Å². The summed E-state index contributed by atoms with van der Waals surface area (Å²) in [4.78, 5) is 10.7. The Morgan fingerprint density at radius 1 is 1.35 bits per heavy atom. The molecule has 2 aromatic rings. The molecule has 5 nitrogen and oxygen atoms in total. The first-order chi connectivity index (χ1) is 9.29. The number of nitrogens with one attached hydrogen (secondary N) is 1. The van der Waals surface area contributed by atoms with Crippen LogP contribution in [0, 0.1) is 6.92 Å². The summed E-state index contributed by atoms with van der Waals surface area (Å²) in [7, 11) is -3.81. The second-order valence-electron chi connectivity index (χ2n) is 4.02. The van der Waals surface area contributed by atoms with Gasteiger partial charge in [0.25, 0.3) is 10.0 Å². The number of carbonyl (C=O) groups is 1. The minimum absolute atomic E-state index is 0.0294. The number of sulfonamides is 1. The molecule has 106 valence electrons. The fraction of sp³-hybridized carbons (Fsp3) is 0.0833. The van der Waals surface area contributed by atoms with Crippen LogP contribution in [-0.2, 0) is 10.0 Å². The number of halogens is 1. The molecule has 2 N–H and O–H groups in total. The van der Waals surface area contributed by atoms with Gasteiger partial charge in [0.05, 0.1) is 10.6 Å². The number of hydrogen-bond acceptors (Lipinski definition) is 4. The first-order valence-corrected chi connectivity index (χ1v) is 8.14. The lowest BCUT2D eigenvalue weighted by Crippen LogP contribution is -2.13. The summed E-state index contributed by atoms with van der Waals surface area (Å²) < 4.78 is 26.7. The van der Waals surface area contributed by atoms with E-state index in [1.54, 1.807) is 25.1 Å². The van der Waals surface area contributed by atoms with Gasteiger partial charge in [0.15, 0.2) is 0 Å². The molecule has 0 fully saturated rings. The summed E-state index contributed by atoms with van der Waals surface area (Å²) in [5.41, 5.74) is 1.08. The third kappa shape index (κ3) is 3.12. The second-order valence-corrected chi connectivity index (χ2v) is 7.05. The Kier molecular flexibility index (Phi) is 4.03. The minimum Gasteiger partial charge on any atom is -0.477 e.